The summed E-state index contributed by atoms with van der Waals surface area (Å²) >= 11 is 0. The average Bonchev–Trinajstić information content (AvgIpc) is 3.24. The first-order valence-corrected chi connectivity index (χ1v) is 16.6. The van der Waals surface area contributed by atoms with Gasteiger partial charge in [0.15, 0.2) is 8.32 Å². The maximum Gasteiger partial charge on any atom is 0.191 e. The lowest BCUT2D eigenvalue weighted by Crippen LogP contribution is -2.44. The van der Waals surface area contributed by atoms with Crippen molar-refractivity contribution in [3.05, 3.63) is 0 Å². The Bertz CT molecular complexity index is 588. The molecule has 0 aliphatic carbocycles. The third-order valence-corrected chi connectivity index (χ3v) is 18.6. The molecule has 0 aromatic rings. The Morgan fingerprint density at radius 2 is 1.45 bits per heavy atom. The second-order valence-electron chi connectivity index (χ2n) is 11.8. The van der Waals surface area contributed by atoms with Crippen LogP contribution < -0.4 is 0 Å². The van der Waals surface area contributed by atoms with Crippen LogP contribution >= 0.6 is 0 Å². The number of epoxide rings is 1. The lowest BCUT2D eigenvalue weighted by Gasteiger charge is -2.38. The Morgan fingerprint density at radius 1 is 1.00 bits per heavy atom. The van der Waals surface area contributed by atoms with Gasteiger partial charge in [0.2, 0.25) is 0 Å². The fourth-order valence-electron chi connectivity index (χ4n) is 4.55. The van der Waals surface area contributed by atoms with Crippen LogP contribution in [0, 0.1) is 17.4 Å². The quantitative estimate of drug-likeness (QED) is 0.270. The Labute approximate surface area is 183 Å². The van der Waals surface area contributed by atoms with Gasteiger partial charge in [-0.1, -0.05) is 75.2 Å². The first kappa shape index (κ1) is 26.9. The molecule has 5 heteroatoms. The highest BCUT2D eigenvalue weighted by molar-refractivity contribution is 6.90. The summed E-state index contributed by atoms with van der Waals surface area (Å²) in [5.41, 5.74) is 4.75. The molecule has 1 rings (SSSR count). The second kappa shape index (κ2) is 9.16. The summed E-state index contributed by atoms with van der Waals surface area (Å²) in [6.07, 6.45) is -0.740. The maximum atomic E-state index is 10.9. The lowest BCUT2D eigenvalue weighted by molar-refractivity contribution is 0.131. The van der Waals surface area contributed by atoms with Crippen molar-refractivity contribution in [3.63, 3.8) is 0 Å². The number of hydrogen-bond acceptors (Lipinski definition) is 3. The van der Waals surface area contributed by atoms with Crippen LogP contribution in [0.4, 0.5) is 0 Å². The first-order chi connectivity index (χ1) is 12.9. The summed E-state index contributed by atoms with van der Waals surface area (Å²) in [7, 11) is -3.63. The van der Waals surface area contributed by atoms with Gasteiger partial charge in [-0.05, 0) is 41.7 Å². The van der Waals surface area contributed by atoms with Crippen LogP contribution in [0.15, 0.2) is 0 Å². The van der Waals surface area contributed by atoms with Gasteiger partial charge in [-0.2, -0.15) is 0 Å². The van der Waals surface area contributed by atoms with Gasteiger partial charge in [-0.3, -0.25) is 0 Å². The van der Waals surface area contributed by atoms with Crippen LogP contribution in [0.3, 0.4) is 0 Å². The van der Waals surface area contributed by atoms with E-state index < -0.39 is 28.1 Å². The molecule has 0 unspecified atom stereocenters. The first-order valence-electron chi connectivity index (χ1n) is 11.5. The molecule has 170 valence electrons. The number of ether oxygens (including phenoxy) is 1. The third kappa shape index (κ3) is 5.57. The summed E-state index contributed by atoms with van der Waals surface area (Å²) in [5, 5.41) is 11.1. The van der Waals surface area contributed by atoms with Crippen LogP contribution in [0.5, 0.6) is 0 Å². The maximum absolute atomic E-state index is 10.9. The van der Waals surface area contributed by atoms with E-state index >= 15 is 0 Å². The van der Waals surface area contributed by atoms with Crippen molar-refractivity contribution in [2.75, 3.05) is 6.61 Å². The Kier molecular flexibility index (Phi) is 8.50. The van der Waals surface area contributed by atoms with Crippen LogP contribution in [0.25, 0.3) is 0 Å². The number of aliphatic hydroxyl groups excluding tert-OH is 1. The molecule has 3 nitrogen and oxygen atoms in total. The van der Waals surface area contributed by atoms with E-state index in [2.05, 4.69) is 93.8 Å². The normalized spacial score (nSPS) is 25.2. The minimum atomic E-state index is -1.85. The van der Waals surface area contributed by atoms with Gasteiger partial charge >= 0.3 is 0 Å². The van der Waals surface area contributed by atoms with Gasteiger partial charge in [0.05, 0.1) is 6.10 Å². The van der Waals surface area contributed by atoms with Gasteiger partial charge < -0.3 is 14.3 Å². The Hall–Kier alpha value is -0.126. The molecule has 1 aliphatic rings. The van der Waals surface area contributed by atoms with E-state index in [1.807, 2.05) is 6.92 Å². The van der Waals surface area contributed by atoms with Crippen molar-refractivity contribution in [1.82, 2.24) is 0 Å². The van der Waals surface area contributed by atoms with Gasteiger partial charge in [-0.25, -0.2) is 0 Å². The second-order valence-corrected chi connectivity index (χ2v) is 22.2. The average molecular weight is 441 g/mol. The largest absolute Gasteiger partial charge is 0.416 e. The summed E-state index contributed by atoms with van der Waals surface area (Å²) in [6, 6.07) is 0. The fourth-order valence-corrected chi connectivity index (χ4v) is 10.9. The molecule has 1 heterocycles. The van der Waals surface area contributed by atoms with Crippen molar-refractivity contribution in [2.24, 2.45) is 5.92 Å². The molecule has 0 bridgehead atoms. The van der Waals surface area contributed by atoms with E-state index in [9.17, 15) is 5.11 Å². The van der Waals surface area contributed by atoms with Crippen LogP contribution in [0.1, 0.15) is 76.2 Å². The summed E-state index contributed by atoms with van der Waals surface area (Å²) in [6.45, 7) is 30.0. The van der Waals surface area contributed by atoms with Gasteiger partial charge in [0.25, 0.3) is 0 Å². The molecule has 29 heavy (non-hydrogen) atoms. The minimum Gasteiger partial charge on any atom is -0.416 e. The molecule has 0 aromatic carbocycles. The van der Waals surface area contributed by atoms with Crippen molar-refractivity contribution >= 4 is 16.4 Å². The zero-order chi connectivity index (χ0) is 23.0. The van der Waals surface area contributed by atoms with Crippen molar-refractivity contribution in [2.45, 2.75) is 129 Å². The number of rotatable bonds is 8. The molecule has 0 aromatic heterocycles. The zero-order valence-corrected chi connectivity index (χ0v) is 23.4. The van der Waals surface area contributed by atoms with E-state index in [-0.39, 0.29) is 17.1 Å². The summed E-state index contributed by atoms with van der Waals surface area (Å²) in [4.78, 5) is 0. The zero-order valence-electron chi connectivity index (χ0n) is 21.4. The van der Waals surface area contributed by atoms with Crippen molar-refractivity contribution < 1.29 is 14.3 Å². The molecule has 4 atom stereocenters. The van der Waals surface area contributed by atoms with E-state index in [0.29, 0.717) is 23.2 Å². The molecule has 0 spiro atoms. The summed E-state index contributed by atoms with van der Waals surface area (Å²) < 4.78 is 12.4. The fraction of sp³-hybridized carbons (Fsp3) is 0.917. The predicted octanol–water partition coefficient (Wildman–Crippen LogP) is 6.38. The Morgan fingerprint density at radius 3 is 1.83 bits per heavy atom. The topological polar surface area (TPSA) is 42.0 Å². The molecule has 1 aliphatic heterocycles. The van der Waals surface area contributed by atoms with E-state index in [1.54, 1.807) is 0 Å². The molecule has 1 fully saturated rings. The standard InChI is InChI=1S/C24H48O3Si2/c1-17(2)29(18(3)4,19(5)6)15-14-21(25)24(11)22(27-24)20(7)16-26-28(12,13)23(8,9)10/h17-22,25H,16H2,1-13H3/t20-,21-,22-,24-/m0/s1. The van der Waals surface area contributed by atoms with Crippen molar-refractivity contribution in [3.8, 4) is 11.5 Å². The Balaban J connectivity index is 2.88. The smallest absolute Gasteiger partial charge is 0.191 e. The summed E-state index contributed by atoms with van der Waals surface area (Å²) in [5.74, 6) is 3.51. The van der Waals surface area contributed by atoms with Crippen LogP contribution in [-0.4, -0.2) is 45.9 Å². The van der Waals surface area contributed by atoms with Crippen molar-refractivity contribution in [1.29, 1.82) is 0 Å². The number of aliphatic hydroxyl groups is 1. The lowest BCUT2D eigenvalue weighted by atomic mass is 9.93. The molecule has 1 N–H and O–H groups in total. The molecular weight excluding hydrogens is 392 g/mol. The monoisotopic (exact) mass is 440 g/mol. The minimum absolute atomic E-state index is 0.00443. The van der Waals surface area contributed by atoms with Gasteiger partial charge in [0, 0.05) is 12.5 Å². The number of hydrogen-bond donors (Lipinski definition) is 1. The highest BCUT2D eigenvalue weighted by Crippen LogP contribution is 2.46. The van der Waals surface area contributed by atoms with Gasteiger partial charge in [0.1, 0.15) is 19.8 Å². The van der Waals surface area contributed by atoms with Crippen LogP contribution in [-0.2, 0) is 9.16 Å². The SMILES string of the molecule is CC(C)[Si](C#C[C@H](O)[C@]1(C)O[C@H]1[C@@H](C)CO[Si](C)(C)C(C)(C)C)(C(C)C)C(C)C. The van der Waals surface area contributed by atoms with E-state index in [0.717, 1.165) is 0 Å². The highest BCUT2D eigenvalue weighted by atomic mass is 28.4. The molecular formula is C24H48O3Si2. The van der Waals surface area contributed by atoms with E-state index in [4.69, 9.17) is 9.16 Å². The molecule has 0 amide bonds. The third-order valence-electron chi connectivity index (χ3n) is 7.75. The highest BCUT2D eigenvalue weighted by Gasteiger charge is 2.59. The predicted molar refractivity (Wildman–Crippen MR) is 130 cm³/mol. The van der Waals surface area contributed by atoms with E-state index in [1.165, 1.54) is 0 Å². The molecule has 1 saturated heterocycles. The van der Waals surface area contributed by atoms with Gasteiger partial charge in [-0.15, -0.1) is 5.54 Å². The molecule has 0 saturated carbocycles. The molecule has 0 radical (unpaired) electrons. The van der Waals surface area contributed by atoms with Crippen LogP contribution in [0.2, 0.25) is 34.8 Å².